The van der Waals surface area contributed by atoms with E-state index < -0.39 is 23.9 Å². The maximum Gasteiger partial charge on any atom is 0.306 e. The van der Waals surface area contributed by atoms with E-state index in [1.165, 1.54) is 18.7 Å². The summed E-state index contributed by atoms with van der Waals surface area (Å²) in [5.74, 6) is -1.60. The molecule has 0 aliphatic heterocycles. The highest BCUT2D eigenvalue weighted by Crippen LogP contribution is 2.17. The van der Waals surface area contributed by atoms with Gasteiger partial charge in [-0.25, -0.2) is 9.97 Å². The minimum atomic E-state index is -1.05. The maximum atomic E-state index is 12.1. The summed E-state index contributed by atoms with van der Waals surface area (Å²) >= 11 is 1.46. The van der Waals surface area contributed by atoms with Crippen molar-refractivity contribution < 1.29 is 19.1 Å². The van der Waals surface area contributed by atoms with Crippen LogP contribution in [0.25, 0.3) is 0 Å². The molecule has 0 radical (unpaired) electrons. The fraction of sp³-hybridized carbons (Fsp3) is 0.350. The van der Waals surface area contributed by atoms with E-state index in [1.54, 1.807) is 30.3 Å². The van der Waals surface area contributed by atoms with Gasteiger partial charge in [-0.3, -0.25) is 25.2 Å². The Kier molecular flexibility index (Phi) is 8.14. The second-order valence-electron chi connectivity index (χ2n) is 6.30. The van der Waals surface area contributed by atoms with E-state index in [4.69, 9.17) is 4.74 Å². The normalized spacial score (nSPS) is 11.4. The topological polar surface area (TPSA) is 110 Å². The molecule has 8 nitrogen and oxygen atoms in total. The highest BCUT2D eigenvalue weighted by atomic mass is 32.2. The molecular weight excluding hydrogens is 392 g/mol. The molecule has 29 heavy (non-hydrogen) atoms. The number of amides is 2. The smallest absolute Gasteiger partial charge is 0.306 e. The Morgan fingerprint density at radius 2 is 1.69 bits per heavy atom. The van der Waals surface area contributed by atoms with Crippen LogP contribution in [-0.4, -0.2) is 40.1 Å². The van der Waals surface area contributed by atoms with Gasteiger partial charge in [0.2, 0.25) is 0 Å². The number of carbonyl (C=O) groups is 3. The molecule has 2 amide bonds. The van der Waals surface area contributed by atoms with E-state index in [0.717, 1.165) is 17.0 Å². The van der Waals surface area contributed by atoms with Crippen LogP contribution in [0.4, 0.5) is 0 Å². The average Bonchev–Trinajstić information content (AvgIpc) is 2.71. The molecule has 0 aliphatic carbocycles. The maximum absolute atomic E-state index is 12.1. The molecule has 1 heterocycles. The van der Waals surface area contributed by atoms with Crippen molar-refractivity contribution in [3.63, 3.8) is 0 Å². The van der Waals surface area contributed by atoms with E-state index in [9.17, 15) is 14.4 Å². The number of hydrogen-bond donors (Lipinski definition) is 2. The number of esters is 1. The van der Waals surface area contributed by atoms with Gasteiger partial charge >= 0.3 is 5.97 Å². The fourth-order valence-electron chi connectivity index (χ4n) is 2.58. The van der Waals surface area contributed by atoms with E-state index in [2.05, 4.69) is 20.8 Å². The van der Waals surface area contributed by atoms with Crippen LogP contribution in [0, 0.1) is 13.8 Å². The Labute approximate surface area is 173 Å². The van der Waals surface area contributed by atoms with Crippen molar-refractivity contribution in [3.8, 4) is 0 Å². The first-order valence-electron chi connectivity index (χ1n) is 9.04. The number of benzene rings is 1. The third kappa shape index (κ3) is 6.56. The molecule has 0 saturated heterocycles. The van der Waals surface area contributed by atoms with Gasteiger partial charge in [0.15, 0.2) is 11.3 Å². The predicted molar refractivity (Wildman–Crippen MR) is 109 cm³/mol. The van der Waals surface area contributed by atoms with Gasteiger partial charge in [0.05, 0.1) is 0 Å². The van der Waals surface area contributed by atoms with Crippen molar-refractivity contribution in [2.45, 2.75) is 44.9 Å². The molecule has 0 saturated carbocycles. The summed E-state index contributed by atoms with van der Waals surface area (Å²) in [6.45, 7) is 5.19. The zero-order valence-electron chi connectivity index (χ0n) is 16.8. The van der Waals surface area contributed by atoms with Crippen LogP contribution in [-0.2, 0) is 20.7 Å². The molecule has 1 aromatic carbocycles. The van der Waals surface area contributed by atoms with Gasteiger partial charge in [-0.1, -0.05) is 30.0 Å². The number of carbonyl (C=O) groups excluding carboxylic acids is 3. The molecule has 2 rings (SSSR count). The molecule has 0 unspecified atom stereocenters. The number of rotatable bonds is 7. The molecule has 1 atom stereocenters. The summed E-state index contributed by atoms with van der Waals surface area (Å²) in [5, 5.41) is 0.689. The third-order valence-electron chi connectivity index (χ3n) is 4.17. The van der Waals surface area contributed by atoms with Crippen molar-refractivity contribution in [3.05, 3.63) is 52.8 Å². The summed E-state index contributed by atoms with van der Waals surface area (Å²) in [7, 11) is 0. The first-order chi connectivity index (χ1) is 13.8. The number of hydrazine groups is 1. The summed E-state index contributed by atoms with van der Waals surface area (Å²) in [4.78, 5) is 44.8. The van der Waals surface area contributed by atoms with E-state index >= 15 is 0 Å². The van der Waals surface area contributed by atoms with Crippen LogP contribution < -0.4 is 10.9 Å². The molecular formula is C20H24N4O4S. The lowest BCUT2D eigenvalue weighted by Crippen LogP contribution is -2.46. The zero-order valence-corrected chi connectivity index (χ0v) is 17.6. The minimum Gasteiger partial charge on any atom is -0.452 e. The summed E-state index contributed by atoms with van der Waals surface area (Å²) in [6, 6.07) is 8.44. The molecule has 9 heteroatoms. The molecule has 1 aromatic heterocycles. The predicted octanol–water partition coefficient (Wildman–Crippen LogP) is 2.14. The van der Waals surface area contributed by atoms with Gasteiger partial charge in [-0.15, -0.1) is 0 Å². The van der Waals surface area contributed by atoms with Crippen LogP contribution in [0.1, 0.15) is 40.7 Å². The number of nitrogens with one attached hydrogen (secondary N) is 2. The molecule has 0 aliphatic rings. The van der Waals surface area contributed by atoms with Gasteiger partial charge in [-0.05, 0) is 51.1 Å². The molecule has 2 aromatic rings. The minimum absolute atomic E-state index is 0.0949. The van der Waals surface area contributed by atoms with Gasteiger partial charge in [-0.2, -0.15) is 0 Å². The van der Waals surface area contributed by atoms with Crippen LogP contribution in [0.15, 0.2) is 35.5 Å². The monoisotopic (exact) mass is 416 g/mol. The van der Waals surface area contributed by atoms with Crippen LogP contribution in [0.5, 0.6) is 0 Å². The van der Waals surface area contributed by atoms with Crippen LogP contribution in [0.2, 0.25) is 0 Å². The Morgan fingerprint density at radius 3 is 2.28 bits per heavy atom. The second kappa shape index (κ2) is 10.6. The third-order valence-corrected chi connectivity index (χ3v) is 4.72. The number of hydrogen-bond acceptors (Lipinski definition) is 7. The van der Waals surface area contributed by atoms with E-state index in [-0.39, 0.29) is 6.42 Å². The zero-order chi connectivity index (χ0) is 21.4. The Balaban J connectivity index is 1.81. The molecule has 2 N–H and O–H groups in total. The molecule has 154 valence electrons. The lowest BCUT2D eigenvalue weighted by molar-refractivity contribution is -0.155. The van der Waals surface area contributed by atoms with Crippen molar-refractivity contribution in [1.29, 1.82) is 0 Å². The number of ether oxygens (including phenoxy) is 1. The number of thioether (sulfide) groups is 1. The SMILES string of the molecule is CSc1nc(C)c(CCC(=O)O[C@H](C)C(=O)NNC(=O)c2ccccc2)c(C)n1. The Bertz CT molecular complexity index is 866. The first kappa shape index (κ1) is 22.4. The van der Waals surface area contributed by atoms with Gasteiger partial charge in [0.25, 0.3) is 11.8 Å². The average molecular weight is 417 g/mol. The first-order valence-corrected chi connectivity index (χ1v) is 10.3. The number of nitrogens with zero attached hydrogens (tertiary/aromatic N) is 2. The van der Waals surface area contributed by atoms with Crippen molar-refractivity contribution >= 4 is 29.5 Å². The van der Waals surface area contributed by atoms with Crippen molar-refractivity contribution in [1.82, 2.24) is 20.8 Å². The highest BCUT2D eigenvalue weighted by Gasteiger charge is 2.19. The Hall–Kier alpha value is -2.94. The van der Waals surface area contributed by atoms with Gasteiger partial charge in [0.1, 0.15) is 0 Å². The van der Waals surface area contributed by atoms with Crippen LogP contribution in [0.3, 0.4) is 0 Å². The fourth-order valence-corrected chi connectivity index (χ4v) is 3.04. The molecule has 0 bridgehead atoms. The summed E-state index contributed by atoms with van der Waals surface area (Å²) in [5.41, 5.74) is 7.48. The van der Waals surface area contributed by atoms with Gasteiger partial charge < -0.3 is 4.74 Å². The quantitative estimate of drug-likeness (QED) is 0.308. The number of aromatic nitrogens is 2. The van der Waals surface area contributed by atoms with Gasteiger partial charge in [0, 0.05) is 23.4 Å². The summed E-state index contributed by atoms with van der Waals surface area (Å²) < 4.78 is 5.15. The molecule has 0 fully saturated rings. The van der Waals surface area contributed by atoms with E-state index in [1.807, 2.05) is 20.1 Å². The largest absolute Gasteiger partial charge is 0.452 e. The Morgan fingerprint density at radius 1 is 1.07 bits per heavy atom. The van der Waals surface area contributed by atoms with E-state index in [0.29, 0.717) is 17.1 Å². The standard InChI is InChI=1S/C20H24N4O4S/c1-12-16(13(2)22-20(21-12)29-4)10-11-17(25)28-14(3)18(26)23-24-19(27)15-8-6-5-7-9-15/h5-9,14H,10-11H2,1-4H3,(H,23,26)(H,24,27)/t14-/m1/s1. The lowest BCUT2D eigenvalue weighted by atomic mass is 10.1. The second-order valence-corrected chi connectivity index (χ2v) is 7.07. The highest BCUT2D eigenvalue weighted by molar-refractivity contribution is 7.98. The van der Waals surface area contributed by atoms with Crippen LogP contribution >= 0.6 is 11.8 Å². The molecule has 0 spiro atoms. The lowest BCUT2D eigenvalue weighted by Gasteiger charge is -2.14. The van der Waals surface area contributed by atoms with Crippen molar-refractivity contribution in [2.24, 2.45) is 0 Å². The number of aryl methyl sites for hydroxylation is 2. The van der Waals surface area contributed by atoms with Crippen molar-refractivity contribution in [2.75, 3.05) is 6.26 Å². The summed E-state index contributed by atoms with van der Waals surface area (Å²) in [6.07, 6.45) is 1.37.